The molecule has 0 bridgehead atoms. The fourth-order valence-corrected chi connectivity index (χ4v) is 4.87. The number of hydrogen-bond acceptors (Lipinski definition) is 4. The SMILES string of the molecule is CC(C)CC(=O)N1CCc2c(c[nH]c(=O)c2C(=O)N2CCC3(CCOC3)CC2)C1. The minimum absolute atomic E-state index is 0.129. The third-order valence-corrected chi connectivity index (χ3v) is 6.73. The Balaban J connectivity index is 1.51. The van der Waals surface area contributed by atoms with E-state index in [1.165, 1.54) is 0 Å². The van der Waals surface area contributed by atoms with Crippen molar-refractivity contribution in [3.05, 3.63) is 33.2 Å². The number of carbonyl (C=O) groups is 2. The number of amides is 2. The Morgan fingerprint density at radius 2 is 1.93 bits per heavy atom. The molecule has 4 heterocycles. The molecule has 0 aromatic carbocycles. The summed E-state index contributed by atoms with van der Waals surface area (Å²) in [4.78, 5) is 44.7. The van der Waals surface area contributed by atoms with Crippen molar-refractivity contribution in [3.8, 4) is 0 Å². The zero-order valence-corrected chi connectivity index (χ0v) is 17.5. The lowest BCUT2D eigenvalue weighted by Gasteiger charge is -2.38. The fourth-order valence-electron chi connectivity index (χ4n) is 4.87. The first kappa shape index (κ1) is 20.1. The van der Waals surface area contributed by atoms with Crippen LogP contribution in [0.3, 0.4) is 0 Å². The van der Waals surface area contributed by atoms with Gasteiger partial charge in [-0.05, 0) is 48.1 Å². The Morgan fingerprint density at radius 1 is 1.17 bits per heavy atom. The minimum atomic E-state index is -0.319. The summed E-state index contributed by atoms with van der Waals surface area (Å²) < 4.78 is 5.57. The molecule has 29 heavy (non-hydrogen) atoms. The molecule has 0 saturated carbocycles. The summed E-state index contributed by atoms with van der Waals surface area (Å²) in [6.07, 6.45) is 5.67. The molecule has 158 valence electrons. The number of nitrogens with one attached hydrogen (secondary N) is 1. The lowest BCUT2D eigenvalue weighted by Crippen LogP contribution is -2.46. The van der Waals surface area contributed by atoms with Gasteiger partial charge in [0.2, 0.25) is 5.91 Å². The molecule has 7 heteroatoms. The van der Waals surface area contributed by atoms with Crippen molar-refractivity contribution >= 4 is 11.8 Å². The van der Waals surface area contributed by atoms with Gasteiger partial charge in [-0.15, -0.1) is 0 Å². The van der Waals surface area contributed by atoms with Gasteiger partial charge in [0.05, 0.1) is 6.61 Å². The van der Waals surface area contributed by atoms with Gasteiger partial charge in [-0.2, -0.15) is 0 Å². The van der Waals surface area contributed by atoms with Crippen LogP contribution in [0.2, 0.25) is 0 Å². The molecule has 0 atom stereocenters. The van der Waals surface area contributed by atoms with E-state index in [2.05, 4.69) is 4.98 Å². The fraction of sp³-hybridized carbons (Fsp3) is 0.682. The number of pyridine rings is 1. The van der Waals surface area contributed by atoms with E-state index in [1.807, 2.05) is 23.6 Å². The quantitative estimate of drug-likeness (QED) is 0.839. The Morgan fingerprint density at radius 3 is 2.59 bits per heavy atom. The molecule has 2 saturated heterocycles. The van der Waals surface area contributed by atoms with E-state index in [0.29, 0.717) is 44.9 Å². The second-order valence-electron chi connectivity index (χ2n) is 9.25. The van der Waals surface area contributed by atoms with E-state index in [-0.39, 0.29) is 28.4 Å². The summed E-state index contributed by atoms with van der Waals surface area (Å²) in [5.41, 5.74) is 1.87. The zero-order valence-electron chi connectivity index (χ0n) is 17.5. The van der Waals surface area contributed by atoms with Gasteiger partial charge in [-0.1, -0.05) is 13.8 Å². The van der Waals surface area contributed by atoms with Gasteiger partial charge in [-0.3, -0.25) is 14.4 Å². The smallest absolute Gasteiger partial charge is 0.261 e. The molecule has 3 aliphatic heterocycles. The number of ether oxygens (including phenoxy) is 1. The molecule has 2 fully saturated rings. The molecule has 3 aliphatic rings. The number of rotatable bonds is 3. The maximum absolute atomic E-state index is 13.3. The van der Waals surface area contributed by atoms with Gasteiger partial charge in [0, 0.05) is 45.4 Å². The standard InChI is InChI=1S/C22H31N3O4/c1-15(2)11-18(26)25-7-3-17-16(13-25)12-23-20(27)19(17)21(28)24-8-4-22(5-9-24)6-10-29-14-22/h12,15H,3-11,13-14H2,1-2H3,(H,23,27). The van der Waals surface area contributed by atoms with Crippen molar-refractivity contribution in [1.82, 2.24) is 14.8 Å². The topological polar surface area (TPSA) is 82.7 Å². The second kappa shape index (κ2) is 7.94. The van der Waals surface area contributed by atoms with Crippen LogP contribution in [-0.4, -0.2) is 59.4 Å². The van der Waals surface area contributed by atoms with E-state index >= 15 is 0 Å². The Bertz CT molecular complexity index is 844. The molecular weight excluding hydrogens is 370 g/mol. The number of aromatic amines is 1. The predicted molar refractivity (Wildman–Crippen MR) is 109 cm³/mol. The van der Waals surface area contributed by atoms with Crippen molar-refractivity contribution in [2.24, 2.45) is 11.3 Å². The van der Waals surface area contributed by atoms with Crippen LogP contribution < -0.4 is 5.56 Å². The van der Waals surface area contributed by atoms with E-state index < -0.39 is 0 Å². The molecule has 1 aromatic rings. The predicted octanol–water partition coefficient (Wildman–Crippen LogP) is 1.95. The maximum Gasteiger partial charge on any atom is 0.261 e. The zero-order chi connectivity index (χ0) is 20.6. The summed E-state index contributed by atoms with van der Waals surface area (Å²) in [5, 5.41) is 0. The molecule has 1 aromatic heterocycles. The van der Waals surface area contributed by atoms with Crippen LogP contribution in [0.4, 0.5) is 0 Å². The number of carbonyl (C=O) groups excluding carboxylic acids is 2. The maximum atomic E-state index is 13.3. The molecule has 1 spiro atoms. The highest BCUT2D eigenvalue weighted by Gasteiger charge is 2.40. The summed E-state index contributed by atoms with van der Waals surface area (Å²) >= 11 is 0. The summed E-state index contributed by atoms with van der Waals surface area (Å²) in [6.45, 7) is 8.02. The van der Waals surface area contributed by atoms with Crippen LogP contribution in [0, 0.1) is 11.3 Å². The number of fused-ring (bicyclic) bond motifs is 1. The highest BCUT2D eigenvalue weighted by molar-refractivity contribution is 5.96. The Labute approximate surface area is 171 Å². The van der Waals surface area contributed by atoms with Crippen molar-refractivity contribution in [2.45, 2.75) is 52.5 Å². The molecule has 7 nitrogen and oxygen atoms in total. The number of likely N-dealkylation sites (tertiary alicyclic amines) is 1. The highest BCUT2D eigenvalue weighted by atomic mass is 16.5. The van der Waals surface area contributed by atoms with Gasteiger partial charge in [0.25, 0.3) is 11.5 Å². The molecule has 0 aliphatic carbocycles. The minimum Gasteiger partial charge on any atom is -0.381 e. The summed E-state index contributed by atoms with van der Waals surface area (Å²) in [7, 11) is 0. The van der Waals surface area contributed by atoms with E-state index in [0.717, 1.165) is 43.6 Å². The van der Waals surface area contributed by atoms with Crippen LogP contribution in [0.5, 0.6) is 0 Å². The third kappa shape index (κ3) is 3.97. The van der Waals surface area contributed by atoms with Crippen LogP contribution in [0.1, 0.15) is 61.0 Å². The number of H-pyrrole nitrogens is 1. The van der Waals surface area contributed by atoms with Gasteiger partial charge < -0.3 is 19.5 Å². The summed E-state index contributed by atoms with van der Waals surface area (Å²) in [5.74, 6) is 0.271. The van der Waals surface area contributed by atoms with Crippen LogP contribution in [0.25, 0.3) is 0 Å². The Hall–Kier alpha value is -2.15. The van der Waals surface area contributed by atoms with E-state index in [4.69, 9.17) is 4.74 Å². The first-order valence-corrected chi connectivity index (χ1v) is 10.8. The largest absolute Gasteiger partial charge is 0.381 e. The average Bonchev–Trinajstić information content (AvgIpc) is 3.15. The van der Waals surface area contributed by atoms with Crippen LogP contribution in [0.15, 0.2) is 11.0 Å². The number of piperidine rings is 1. The first-order valence-electron chi connectivity index (χ1n) is 10.8. The van der Waals surface area contributed by atoms with Gasteiger partial charge >= 0.3 is 0 Å². The second-order valence-corrected chi connectivity index (χ2v) is 9.25. The molecule has 0 unspecified atom stereocenters. The van der Waals surface area contributed by atoms with Crippen LogP contribution in [-0.2, 0) is 22.5 Å². The molecule has 4 rings (SSSR count). The number of hydrogen-bond donors (Lipinski definition) is 1. The average molecular weight is 402 g/mol. The number of aromatic nitrogens is 1. The van der Waals surface area contributed by atoms with E-state index in [9.17, 15) is 14.4 Å². The van der Waals surface area contributed by atoms with Gasteiger partial charge in [0.1, 0.15) is 5.56 Å². The van der Waals surface area contributed by atoms with Crippen LogP contribution >= 0.6 is 0 Å². The molecule has 2 amide bonds. The first-order chi connectivity index (χ1) is 13.9. The summed E-state index contributed by atoms with van der Waals surface area (Å²) in [6, 6.07) is 0. The molecular formula is C22H31N3O4. The highest BCUT2D eigenvalue weighted by Crippen LogP contribution is 2.39. The third-order valence-electron chi connectivity index (χ3n) is 6.73. The van der Waals surface area contributed by atoms with Crippen molar-refractivity contribution < 1.29 is 14.3 Å². The number of nitrogens with zero attached hydrogens (tertiary/aromatic N) is 2. The van der Waals surface area contributed by atoms with Crippen molar-refractivity contribution in [1.29, 1.82) is 0 Å². The molecule has 0 radical (unpaired) electrons. The van der Waals surface area contributed by atoms with Crippen molar-refractivity contribution in [3.63, 3.8) is 0 Å². The van der Waals surface area contributed by atoms with Crippen molar-refractivity contribution in [2.75, 3.05) is 32.8 Å². The lowest BCUT2D eigenvalue weighted by atomic mass is 9.78. The lowest BCUT2D eigenvalue weighted by molar-refractivity contribution is -0.132. The van der Waals surface area contributed by atoms with Gasteiger partial charge in [-0.25, -0.2) is 0 Å². The molecule has 1 N–H and O–H groups in total. The Kier molecular flexibility index (Phi) is 5.51. The normalized spacial score (nSPS) is 20.9. The monoisotopic (exact) mass is 401 g/mol. The van der Waals surface area contributed by atoms with E-state index in [1.54, 1.807) is 6.20 Å². The van der Waals surface area contributed by atoms with Gasteiger partial charge in [0.15, 0.2) is 0 Å².